The summed E-state index contributed by atoms with van der Waals surface area (Å²) in [5.74, 6) is 0. The molecule has 3 nitrogen and oxygen atoms in total. The van der Waals surface area contributed by atoms with Gasteiger partial charge in [0.1, 0.15) is 0 Å². The molecule has 3 N–H and O–H groups in total. The van der Waals surface area contributed by atoms with Crippen LogP contribution in [0.15, 0.2) is 42.5 Å². The third-order valence-corrected chi connectivity index (χ3v) is 2.96. The molecule has 0 aliphatic carbocycles. The van der Waals surface area contributed by atoms with Crippen LogP contribution in [0.25, 0.3) is 10.8 Å². The summed E-state index contributed by atoms with van der Waals surface area (Å²) in [6.45, 7) is 2.65. The third-order valence-electron chi connectivity index (χ3n) is 2.96. The van der Waals surface area contributed by atoms with Crippen LogP contribution in [0.4, 0.5) is 0 Å². The highest BCUT2D eigenvalue weighted by Crippen LogP contribution is 2.23. The van der Waals surface area contributed by atoms with Gasteiger partial charge in [0.2, 0.25) is 0 Å². The standard InChI is InChI=1S/C15H19NO2/c1-11(17)9-16-10-15(18)14-8-4-6-12-5-2-3-7-13(12)14/h2-8,11,15-18H,9-10H2,1H3/t11-,15?/m0/s1. The van der Waals surface area contributed by atoms with Crippen molar-refractivity contribution in [2.45, 2.75) is 19.1 Å². The lowest BCUT2D eigenvalue weighted by molar-refractivity contribution is 0.156. The monoisotopic (exact) mass is 245 g/mol. The molecule has 0 bridgehead atoms. The van der Waals surface area contributed by atoms with Gasteiger partial charge in [0, 0.05) is 13.1 Å². The van der Waals surface area contributed by atoms with Gasteiger partial charge in [-0.15, -0.1) is 0 Å². The zero-order valence-corrected chi connectivity index (χ0v) is 10.5. The van der Waals surface area contributed by atoms with Crippen molar-refractivity contribution < 1.29 is 10.2 Å². The van der Waals surface area contributed by atoms with Crippen LogP contribution in [0.2, 0.25) is 0 Å². The molecule has 0 saturated carbocycles. The fourth-order valence-electron chi connectivity index (χ4n) is 2.08. The lowest BCUT2D eigenvalue weighted by Crippen LogP contribution is -2.28. The van der Waals surface area contributed by atoms with E-state index < -0.39 is 12.2 Å². The Morgan fingerprint density at radius 2 is 1.72 bits per heavy atom. The van der Waals surface area contributed by atoms with Crippen LogP contribution in [0, 0.1) is 0 Å². The lowest BCUT2D eigenvalue weighted by Gasteiger charge is -2.15. The number of hydrogen-bond acceptors (Lipinski definition) is 3. The maximum atomic E-state index is 10.2. The van der Waals surface area contributed by atoms with Crippen LogP contribution in [0.5, 0.6) is 0 Å². The molecule has 2 aromatic carbocycles. The zero-order chi connectivity index (χ0) is 13.0. The molecule has 0 heterocycles. The Morgan fingerprint density at radius 1 is 1.00 bits per heavy atom. The van der Waals surface area contributed by atoms with Crippen LogP contribution < -0.4 is 5.32 Å². The van der Waals surface area contributed by atoms with E-state index in [1.54, 1.807) is 6.92 Å². The Labute approximate surface area is 107 Å². The normalized spacial score (nSPS) is 14.6. The van der Waals surface area contributed by atoms with E-state index in [0.29, 0.717) is 13.1 Å². The second-order valence-corrected chi connectivity index (χ2v) is 4.59. The molecule has 0 amide bonds. The van der Waals surface area contributed by atoms with E-state index in [-0.39, 0.29) is 0 Å². The van der Waals surface area contributed by atoms with Gasteiger partial charge in [-0.05, 0) is 23.3 Å². The van der Waals surface area contributed by atoms with Crippen molar-refractivity contribution in [3.8, 4) is 0 Å². The summed E-state index contributed by atoms with van der Waals surface area (Å²) in [6, 6.07) is 13.9. The molecule has 1 unspecified atom stereocenters. The highest BCUT2D eigenvalue weighted by Gasteiger charge is 2.10. The molecule has 0 radical (unpaired) electrons. The molecular weight excluding hydrogens is 226 g/mol. The molecule has 0 saturated heterocycles. The Kier molecular flexibility index (Phi) is 4.31. The van der Waals surface area contributed by atoms with Gasteiger partial charge in [0.05, 0.1) is 12.2 Å². The Morgan fingerprint density at radius 3 is 2.50 bits per heavy atom. The van der Waals surface area contributed by atoms with Crippen LogP contribution in [-0.4, -0.2) is 29.4 Å². The van der Waals surface area contributed by atoms with Gasteiger partial charge in [-0.3, -0.25) is 0 Å². The summed E-state index contributed by atoms with van der Waals surface area (Å²) in [6.07, 6.45) is -0.959. The Hall–Kier alpha value is -1.42. The first-order chi connectivity index (χ1) is 8.68. The van der Waals surface area contributed by atoms with Gasteiger partial charge in [0.25, 0.3) is 0 Å². The number of hydrogen-bond donors (Lipinski definition) is 3. The van der Waals surface area contributed by atoms with Crippen molar-refractivity contribution in [1.29, 1.82) is 0 Å². The Balaban J connectivity index is 2.15. The molecule has 3 heteroatoms. The molecule has 96 valence electrons. The van der Waals surface area contributed by atoms with Crippen molar-refractivity contribution in [1.82, 2.24) is 5.32 Å². The highest BCUT2D eigenvalue weighted by atomic mass is 16.3. The summed E-state index contributed by atoms with van der Waals surface area (Å²) < 4.78 is 0. The molecular formula is C15H19NO2. The van der Waals surface area contributed by atoms with Gasteiger partial charge < -0.3 is 15.5 Å². The fourth-order valence-corrected chi connectivity index (χ4v) is 2.08. The third kappa shape index (κ3) is 3.07. The summed E-state index contributed by atoms with van der Waals surface area (Å²) in [5, 5.41) is 24.6. The number of nitrogens with one attached hydrogen (secondary N) is 1. The van der Waals surface area contributed by atoms with Crippen LogP contribution in [-0.2, 0) is 0 Å². The predicted molar refractivity (Wildman–Crippen MR) is 73.5 cm³/mol. The van der Waals surface area contributed by atoms with E-state index in [2.05, 4.69) is 5.32 Å². The van der Waals surface area contributed by atoms with Gasteiger partial charge in [-0.2, -0.15) is 0 Å². The fraction of sp³-hybridized carbons (Fsp3) is 0.333. The van der Waals surface area contributed by atoms with Gasteiger partial charge in [-0.25, -0.2) is 0 Å². The second kappa shape index (κ2) is 5.96. The van der Waals surface area contributed by atoms with E-state index in [0.717, 1.165) is 16.3 Å². The van der Waals surface area contributed by atoms with Crippen LogP contribution in [0.1, 0.15) is 18.6 Å². The van der Waals surface area contributed by atoms with E-state index in [1.165, 1.54) is 0 Å². The van der Waals surface area contributed by atoms with Crippen molar-refractivity contribution >= 4 is 10.8 Å². The van der Waals surface area contributed by atoms with Crippen molar-refractivity contribution in [3.63, 3.8) is 0 Å². The quantitative estimate of drug-likeness (QED) is 0.753. The maximum Gasteiger partial charge on any atom is 0.0920 e. The molecule has 2 aromatic rings. The van der Waals surface area contributed by atoms with Crippen molar-refractivity contribution in [2.75, 3.05) is 13.1 Å². The zero-order valence-electron chi connectivity index (χ0n) is 10.5. The number of benzene rings is 2. The highest BCUT2D eigenvalue weighted by molar-refractivity contribution is 5.85. The summed E-state index contributed by atoms with van der Waals surface area (Å²) in [5.41, 5.74) is 0.922. The first kappa shape index (κ1) is 13.0. The average Bonchev–Trinajstić information content (AvgIpc) is 2.37. The topological polar surface area (TPSA) is 52.5 Å². The predicted octanol–water partition coefficient (Wildman–Crippen LogP) is 1.84. The van der Waals surface area contributed by atoms with Gasteiger partial charge in [0.15, 0.2) is 0 Å². The largest absolute Gasteiger partial charge is 0.392 e. The molecule has 2 rings (SSSR count). The molecule has 0 spiro atoms. The second-order valence-electron chi connectivity index (χ2n) is 4.59. The summed E-state index contributed by atoms with van der Waals surface area (Å²) in [4.78, 5) is 0. The smallest absolute Gasteiger partial charge is 0.0920 e. The molecule has 0 aromatic heterocycles. The van der Waals surface area contributed by atoms with Crippen molar-refractivity contribution in [3.05, 3.63) is 48.0 Å². The number of fused-ring (bicyclic) bond motifs is 1. The molecule has 0 fully saturated rings. The minimum absolute atomic E-state index is 0.398. The molecule has 18 heavy (non-hydrogen) atoms. The summed E-state index contributed by atoms with van der Waals surface area (Å²) in [7, 11) is 0. The van der Waals surface area contributed by atoms with Gasteiger partial charge in [-0.1, -0.05) is 42.5 Å². The lowest BCUT2D eigenvalue weighted by atomic mass is 10.0. The van der Waals surface area contributed by atoms with Crippen molar-refractivity contribution in [2.24, 2.45) is 0 Å². The first-order valence-electron chi connectivity index (χ1n) is 6.23. The molecule has 0 aliphatic heterocycles. The van der Waals surface area contributed by atoms with E-state index in [4.69, 9.17) is 5.11 Å². The van der Waals surface area contributed by atoms with E-state index >= 15 is 0 Å². The van der Waals surface area contributed by atoms with E-state index in [9.17, 15) is 5.11 Å². The maximum absolute atomic E-state index is 10.2. The Bertz CT molecular complexity index is 505. The SMILES string of the molecule is C[C@H](O)CNCC(O)c1cccc2ccccc12. The number of aliphatic hydroxyl groups excluding tert-OH is 2. The average molecular weight is 245 g/mol. The first-order valence-corrected chi connectivity index (χ1v) is 6.23. The van der Waals surface area contributed by atoms with Crippen LogP contribution in [0.3, 0.4) is 0 Å². The minimum Gasteiger partial charge on any atom is -0.392 e. The van der Waals surface area contributed by atoms with E-state index in [1.807, 2.05) is 42.5 Å². The number of aliphatic hydroxyl groups is 2. The minimum atomic E-state index is -0.560. The molecule has 0 aliphatic rings. The summed E-state index contributed by atoms with van der Waals surface area (Å²) >= 11 is 0. The molecule has 2 atom stereocenters. The van der Waals surface area contributed by atoms with Gasteiger partial charge >= 0.3 is 0 Å². The number of rotatable bonds is 5. The van der Waals surface area contributed by atoms with Crippen LogP contribution >= 0.6 is 0 Å².